The van der Waals surface area contributed by atoms with E-state index in [4.69, 9.17) is 11.6 Å². The number of hydrogen-bond donors (Lipinski definition) is 1. The van der Waals surface area contributed by atoms with E-state index in [1.165, 1.54) is 0 Å². The number of aryl methyl sites for hydroxylation is 1. The van der Waals surface area contributed by atoms with Crippen molar-refractivity contribution in [3.05, 3.63) is 34.3 Å². The first-order valence-electron chi connectivity index (χ1n) is 4.84. The van der Waals surface area contributed by atoms with Crippen LogP contribution in [0.2, 0.25) is 5.02 Å². The van der Waals surface area contributed by atoms with E-state index >= 15 is 0 Å². The Balaban J connectivity index is 3.24. The van der Waals surface area contributed by atoms with Crippen LogP contribution in [0.4, 0.5) is 0 Å². The van der Waals surface area contributed by atoms with Gasteiger partial charge in [-0.05, 0) is 43.0 Å². The molecular weight excluding hydrogens is 196 g/mol. The highest BCUT2D eigenvalue weighted by Gasteiger charge is 2.28. The minimum absolute atomic E-state index is 0.166. The summed E-state index contributed by atoms with van der Waals surface area (Å²) < 4.78 is 0. The van der Waals surface area contributed by atoms with Gasteiger partial charge in [-0.1, -0.05) is 31.5 Å². The van der Waals surface area contributed by atoms with Crippen LogP contribution in [0.5, 0.6) is 0 Å². The van der Waals surface area contributed by atoms with Crippen LogP contribution in [0.15, 0.2) is 18.2 Å². The molecule has 0 bridgehead atoms. The van der Waals surface area contributed by atoms with Crippen molar-refractivity contribution in [3.63, 3.8) is 0 Å². The lowest BCUT2D eigenvalue weighted by Gasteiger charge is -2.30. The molecule has 0 aliphatic heterocycles. The normalized spacial score (nSPS) is 15.6. The molecule has 1 N–H and O–H groups in total. The van der Waals surface area contributed by atoms with E-state index < -0.39 is 5.60 Å². The van der Waals surface area contributed by atoms with Crippen LogP contribution in [-0.2, 0) is 5.60 Å². The molecule has 78 valence electrons. The van der Waals surface area contributed by atoms with E-state index in [0.29, 0.717) is 5.02 Å². The van der Waals surface area contributed by atoms with Gasteiger partial charge < -0.3 is 5.11 Å². The van der Waals surface area contributed by atoms with Crippen LogP contribution in [0, 0.1) is 12.8 Å². The first-order valence-corrected chi connectivity index (χ1v) is 5.22. The quantitative estimate of drug-likeness (QED) is 0.796. The Bertz CT molecular complexity index is 329. The van der Waals surface area contributed by atoms with E-state index in [1.54, 1.807) is 0 Å². The summed E-state index contributed by atoms with van der Waals surface area (Å²) in [5.74, 6) is 0.166. The second kappa shape index (κ2) is 3.92. The Hall–Kier alpha value is -0.530. The topological polar surface area (TPSA) is 20.2 Å². The number of halogens is 1. The summed E-state index contributed by atoms with van der Waals surface area (Å²) in [5.41, 5.74) is 1.18. The molecule has 0 heterocycles. The second-order valence-electron chi connectivity index (χ2n) is 4.26. The minimum Gasteiger partial charge on any atom is -0.385 e. The number of aliphatic hydroxyl groups is 1. The molecule has 0 aliphatic carbocycles. The molecule has 14 heavy (non-hydrogen) atoms. The molecule has 0 fully saturated rings. The first kappa shape index (κ1) is 11.5. The zero-order chi connectivity index (χ0) is 10.9. The molecule has 0 unspecified atom stereocenters. The summed E-state index contributed by atoms with van der Waals surface area (Å²) in [6.07, 6.45) is 0. The minimum atomic E-state index is -0.811. The van der Waals surface area contributed by atoms with Crippen molar-refractivity contribution in [2.45, 2.75) is 33.3 Å². The molecule has 0 radical (unpaired) electrons. The van der Waals surface area contributed by atoms with Gasteiger partial charge in [0.25, 0.3) is 0 Å². The van der Waals surface area contributed by atoms with Crippen molar-refractivity contribution in [1.82, 2.24) is 0 Å². The lowest BCUT2D eigenvalue weighted by molar-refractivity contribution is 0.00848. The summed E-state index contributed by atoms with van der Waals surface area (Å²) in [4.78, 5) is 0. The van der Waals surface area contributed by atoms with Gasteiger partial charge in [0.05, 0.1) is 5.60 Å². The van der Waals surface area contributed by atoms with Crippen molar-refractivity contribution in [3.8, 4) is 0 Å². The zero-order valence-corrected chi connectivity index (χ0v) is 9.89. The van der Waals surface area contributed by atoms with Crippen LogP contribution < -0.4 is 0 Å². The third-order valence-corrected chi connectivity index (χ3v) is 3.10. The lowest BCUT2D eigenvalue weighted by Crippen LogP contribution is -2.28. The molecule has 0 aliphatic rings. The SMILES string of the molecule is Cc1ccc(Cl)cc1[C@@](C)(O)C(C)C. The van der Waals surface area contributed by atoms with Crippen LogP contribution >= 0.6 is 11.6 Å². The molecule has 2 heteroatoms. The van der Waals surface area contributed by atoms with Crippen molar-refractivity contribution >= 4 is 11.6 Å². The Morgan fingerprint density at radius 1 is 1.36 bits per heavy atom. The lowest BCUT2D eigenvalue weighted by atomic mass is 9.83. The number of hydrogen-bond acceptors (Lipinski definition) is 1. The second-order valence-corrected chi connectivity index (χ2v) is 4.70. The van der Waals surface area contributed by atoms with Gasteiger partial charge in [0, 0.05) is 5.02 Å². The number of rotatable bonds is 2. The maximum atomic E-state index is 10.3. The molecule has 1 aromatic rings. The van der Waals surface area contributed by atoms with Crippen LogP contribution in [-0.4, -0.2) is 5.11 Å². The maximum absolute atomic E-state index is 10.3. The predicted molar refractivity (Wildman–Crippen MR) is 60.6 cm³/mol. The van der Waals surface area contributed by atoms with Crippen LogP contribution in [0.3, 0.4) is 0 Å². The molecule has 1 atom stereocenters. The van der Waals surface area contributed by atoms with Gasteiger partial charge in [0.2, 0.25) is 0 Å². The average Bonchev–Trinajstić information content (AvgIpc) is 2.08. The fraction of sp³-hybridized carbons (Fsp3) is 0.500. The summed E-state index contributed by atoms with van der Waals surface area (Å²) >= 11 is 5.92. The highest BCUT2D eigenvalue weighted by Crippen LogP contribution is 2.32. The predicted octanol–water partition coefficient (Wildman–Crippen LogP) is 3.51. The van der Waals surface area contributed by atoms with Gasteiger partial charge in [-0.3, -0.25) is 0 Å². The van der Waals surface area contributed by atoms with Crippen LogP contribution in [0.25, 0.3) is 0 Å². The van der Waals surface area contributed by atoms with Crippen molar-refractivity contribution in [2.24, 2.45) is 5.92 Å². The Morgan fingerprint density at radius 3 is 2.43 bits per heavy atom. The molecular formula is C12H17ClO. The Kier molecular flexibility index (Phi) is 3.23. The standard InChI is InChI=1S/C12H17ClO/c1-8(2)12(4,14)11-7-10(13)6-5-9(11)3/h5-8,14H,1-4H3/t12-/m0/s1. The fourth-order valence-electron chi connectivity index (χ4n) is 1.45. The van der Waals surface area contributed by atoms with Crippen LogP contribution in [0.1, 0.15) is 31.9 Å². The first-order chi connectivity index (χ1) is 6.35. The molecule has 0 spiro atoms. The van der Waals surface area contributed by atoms with E-state index in [9.17, 15) is 5.11 Å². The number of benzene rings is 1. The van der Waals surface area contributed by atoms with Gasteiger partial charge >= 0.3 is 0 Å². The molecule has 1 rings (SSSR count). The smallest absolute Gasteiger partial charge is 0.0894 e. The summed E-state index contributed by atoms with van der Waals surface area (Å²) in [6, 6.07) is 5.63. The summed E-state index contributed by atoms with van der Waals surface area (Å²) in [7, 11) is 0. The van der Waals surface area contributed by atoms with E-state index in [2.05, 4.69) is 0 Å². The highest BCUT2D eigenvalue weighted by atomic mass is 35.5. The molecule has 0 amide bonds. The molecule has 1 nitrogen and oxygen atoms in total. The van der Waals surface area contributed by atoms with Gasteiger partial charge in [0.15, 0.2) is 0 Å². The molecule has 1 aromatic carbocycles. The summed E-state index contributed by atoms with van der Waals surface area (Å²) in [5, 5.41) is 11.0. The maximum Gasteiger partial charge on any atom is 0.0894 e. The molecule has 0 saturated heterocycles. The van der Waals surface area contributed by atoms with Crippen molar-refractivity contribution in [2.75, 3.05) is 0 Å². The third-order valence-electron chi connectivity index (χ3n) is 2.87. The monoisotopic (exact) mass is 212 g/mol. The highest BCUT2D eigenvalue weighted by molar-refractivity contribution is 6.30. The zero-order valence-electron chi connectivity index (χ0n) is 9.13. The average molecular weight is 213 g/mol. The molecule has 0 aromatic heterocycles. The van der Waals surface area contributed by atoms with Gasteiger partial charge in [-0.15, -0.1) is 0 Å². The van der Waals surface area contributed by atoms with E-state index in [-0.39, 0.29) is 5.92 Å². The van der Waals surface area contributed by atoms with Crippen molar-refractivity contribution < 1.29 is 5.11 Å². The third kappa shape index (κ3) is 2.10. The van der Waals surface area contributed by atoms with E-state index in [1.807, 2.05) is 45.9 Å². The van der Waals surface area contributed by atoms with E-state index in [0.717, 1.165) is 11.1 Å². The molecule has 0 saturated carbocycles. The Labute approximate surface area is 90.7 Å². The largest absolute Gasteiger partial charge is 0.385 e. The van der Waals surface area contributed by atoms with Crippen molar-refractivity contribution in [1.29, 1.82) is 0 Å². The van der Waals surface area contributed by atoms with Gasteiger partial charge in [0.1, 0.15) is 0 Å². The summed E-state index contributed by atoms with van der Waals surface area (Å²) in [6.45, 7) is 7.82. The van der Waals surface area contributed by atoms with Gasteiger partial charge in [-0.25, -0.2) is 0 Å². The fourth-order valence-corrected chi connectivity index (χ4v) is 1.62. The van der Waals surface area contributed by atoms with Gasteiger partial charge in [-0.2, -0.15) is 0 Å². The Morgan fingerprint density at radius 2 is 1.93 bits per heavy atom.